The first-order chi connectivity index (χ1) is 10.1. The Hall–Kier alpha value is -3.09. The van der Waals surface area contributed by atoms with Crippen LogP contribution in [0.2, 0.25) is 0 Å². The van der Waals surface area contributed by atoms with Crippen LogP contribution in [-0.2, 0) is 0 Å². The number of hydrogen-bond donors (Lipinski definition) is 0. The van der Waals surface area contributed by atoms with Gasteiger partial charge < -0.3 is 14.2 Å². The number of rotatable bonds is 3. The zero-order chi connectivity index (χ0) is 14.8. The molecule has 0 amide bonds. The van der Waals surface area contributed by atoms with E-state index in [1.807, 2.05) is 0 Å². The van der Waals surface area contributed by atoms with Gasteiger partial charge in [-0.3, -0.25) is 10.1 Å². The van der Waals surface area contributed by atoms with Crippen molar-refractivity contribution in [3.63, 3.8) is 0 Å². The molecule has 106 valence electrons. The topological polar surface area (TPSA) is 87.9 Å². The molecule has 2 aromatic rings. The molecule has 0 saturated carbocycles. The van der Waals surface area contributed by atoms with Crippen LogP contribution < -0.4 is 14.2 Å². The van der Waals surface area contributed by atoms with Crippen LogP contribution in [0.4, 0.5) is 5.69 Å². The number of nitrogens with zero attached hydrogens (tertiary/aromatic N) is 1. The predicted molar refractivity (Wildman–Crippen MR) is 70.6 cm³/mol. The molecule has 21 heavy (non-hydrogen) atoms. The molecule has 0 radical (unpaired) electrons. The summed E-state index contributed by atoms with van der Waals surface area (Å²) in [6.07, 6.45) is 0. The van der Waals surface area contributed by atoms with Gasteiger partial charge in [-0.05, 0) is 30.3 Å². The Kier molecular flexibility index (Phi) is 3.15. The molecule has 3 rings (SSSR count). The maximum Gasteiger partial charge on any atom is 0.343 e. The van der Waals surface area contributed by atoms with Crippen molar-refractivity contribution in [3.05, 3.63) is 58.1 Å². The summed E-state index contributed by atoms with van der Waals surface area (Å²) in [6, 6.07) is 9.96. The normalized spacial score (nSPS) is 12.0. The highest BCUT2D eigenvalue weighted by Crippen LogP contribution is 2.32. The van der Waals surface area contributed by atoms with Gasteiger partial charge in [0.25, 0.3) is 5.69 Å². The number of nitro benzene ring substituents is 1. The third-order valence-electron chi connectivity index (χ3n) is 2.87. The maximum atomic E-state index is 12.0. The van der Waals surface area contributed by atoms with Crippen molar-refractivity contribution in [2.75, 3.05) is 6.79 Å². The second-order valence-corrected chi connectivity index (χ2v) is 4.21. The van der Waals surface area contributed by atoms with E-state index in [1.165, 1.54) is 30.3 Å². The molecule has 0 saturated heterocycles. The van der Waals surface area contributed by atoms with Crippen molar-refractivity contribution in [3.8, 4) is 17.2 Å². The van der Waals surface area contributed by atoms with Crippen LogP contribution in [0.5, 0.6) is 17.2 Å². The Bertz CT molecular complexity index is 710. The summed E-state index contributed by atoms with van der Waals surface area (Å²) in [5.41, 5.74) is 0.232. The number of esters is 1. The number of hydrogen-bond acceptors (Lipinski definition) is 6. The lowest BCUT2D eigenvalue weighted by molar-refractivity contribution is -0.384. The lowest BCUT2D eigenvalue weighted by Crippen LogP contribution is -2.08. The minimum absolute atomic E-state index is 0.0714. The molecular formula is C14H9NO6. The summed E-state index contributed by atoms with van der Waals surface area (Å²) in [5, 5.41) is 10.5. The average molecular weight is 287 g/mol. The fraction of sp³-hybridized carbons (Fsp3) is 0.0714. The van der Waals surface area contributed by atoms with Crippen LogP contribution in [0.15, 0.2) is 42.5 Å². The highest BCUT2D eigenvalue weighted by atomic mass is 16.7. The van der Waals surface area contributed by atoms with Crippen molar-refractivity contribution in [2.45, 2.75) is 0 Å². The molecule has 2 aromatic carbocycles. The third-order valence-corrected chi connectivity index (χ3v) is 2.87. The molecule has 0 atom stereocenters. The Labute approximate surface area is 118 Å². The average Bonchev–Trinajstić information content (AvgIpc) is 2.95. The van der Waals surface area contributed by atoms with E-state index in [0.717, 1.165) is 0 Å². The molecule has 1 aliphatic rings. The molecule has 0 spiro atoms. The lowest BCUT2D eigenvalue weighted by Gasteiger charge is -2.04. The first-order valence-corrected chi connectivity index (χ1v) is 6.00. The Morgan fingerprint density at radius 3 is 2.52 bits per heavy atom. The van der Waals surface area contributed by atoms with E-state index >= 15 is 0 Å². The molecular weight excluding hydrogens is 278 g/mol. The van der Waals surface area contributed by atoms with Crippen molar-refractivity contribution in [1.82, 2.24) is 0 Å². The Morgan fingerprint density at radius 1 is 1.10 bits per heavy atom. The molecule has 0 N–H and O–H groups in total. The van der Waals surface area contributed by atoms with Crippen LogP contribution in [-0.4, -0.2) is 17.7 Å². The number of fused-ring (bicyclic) bond motifs is 1. The van der Waals surface area contributed by atoms with Gasteiger partial charge in [0.2, 0.25) is 6.79 Å². The predicted octanol–water partition coefficient (Wildman–Crippen LogP) is 2.54. The molecule has 7 nitrogen and oxygen atoms in total. The van der Waals surface area contributed by atoms with E-state index in [-0.39, 0.29) is 18.2 Å². The summed E-state index contributed by atoms with van der Waals surface area (Å²) in [6.45, 7) is 0.121. The fourth-order valence-electron chi connectivity index (χ4n) is 1.83. The van der Waals surface area contributed by atoms with Gasteiger partial charge in [-0.25, -0.2) is 4.79 Å². The van der Waals surface area contributed by atoms with E-state index in [4.69, 9.17) is 14.2 Å². The zero-order valence-electron chi connectivity index (χ0n) is 10.6. The summed E-state index contributed by atoms with van der Waals surface area (Å²) < 4.78 is 15.5. The van der Waals surface area contributed by atoms with Gasteiger partial charge in [-0.1, -0.05) is 0 Å². The van der Waals surface area contributed by atoms with E-state index in [1.54, 1.807) is 12.1 Å². The van der Waals surface area contributed by atoms with E-state index in [2.05, 4.69) is 0 Å². The van der Waals surface area contributed by atoms with Gasteiger partial charge in [-0.15, -0.1) is 0 Å². The Balaban J connectivity index is 1.75. The van der Waals surface area contributed by atoms with Crippen molar-refractivity contribution in [2.24, 2.45) is 0 Å². The van der Waals surface area contributed by atoms with Crippen molar-refractivity contribution >= 4 is 11.7 Å². The quantitative estimate of drug-likeness (QED) is 0.373. The summed E-state index contributed by atoms with van der Waals surface area (Å²) >= 11 is 0. The van der Waals surface area contributed by atoms with Gasteiger partial charge in [0.05, 0.1) is 10.5 Å². The standard InChI is InChI=1S/C14H9NO6/c16-14(9-1-6-12-13(7-9)20-8-19-12)21-11-4-2-10(3-5-11)15(17)18/h1-7H,8H2. The maximum absolute atomic E-state index is 12.0. The van der Waals surface area contributed by atoms with Gasteiger partial charge in [-0.2, -0.15) is 0 Å². The van der Waals surface area contributed by atoms with Crippen molar-refractivity contribution < 1.29 is 23.9 Å². The molecule has 0 aromatic heterocycles. The molecule has 1 heterocycles. The summed E-state index contributed by atoms with van der Waals surface area (Å²) in [4.78, 5) is 22.0. The number of non-ortho nitro benzene ring substituents is 1. The monoisotopic (exact) mass is 287 g/mol. The first-order valence-electron chi connectivity index (χ1n) is 6.00. The largest absolute Gasteiger partial charge is 0.454 e. The van der Waals surface area contributed by atoms with Crippen LogP contribution in [0.3, 0.4) is 0 Å². The number of ether oxygens (including phenoxy) is 3. The fourth-order valence-corrected chi connectivity index (χ4v) is 1.83. The van der Waals surface area contributed by atoms with Gasteiger partial charge in [0, 0.05) is 12.1 Å². The molecule has 7 heteroatoms. The van der Waals surface area contributed by atoms with Gasteiger partial charge >= 0.3 is 5.97 Å². The van der Waals surface area contributed by atoms with E-state index in [0.29, 0.717) is 17.1 Å². The Morgan fingerprint density at radius 2 is 1.81 bits per heavy atom. The molecule has 0 aliphatic carbocycles. The zero-order valence-corrected chi connectivity index (χ0v) is 10.6. The van der Waals surface area contributed by atoms with E-state index in [9.17, 15) is 14.9 Å². The van der Waals surface area contributed by atoms with Gasteiger partial charge in [0.15, 0.2) is 11.5 Å². The smallest absolute Gasteiger partial charge is 0.343 e. The first kappa shape index (κ1) is 12.9. The summed E-state index contributed by atoms with van der Waals surface area (Å²) in [7, 11) is 0. The minimum atomic E-state index is -0.581. The number of carbonyl (C=O) groups is 1. The highest BCUT2D eigenvalue weighted by Gasteiger charge is 2.17. The minimum Gasteiger partial charge on any atom is -0.454 e. The lowest BCUT2D eigenvalue weighted by atomic mass is 10.2. The second kappa shape index (κ2) is 5.12. The SMILES string of the molecule is O=C(Oc1ccc([N+](=O)[O-])cc1)c1ccc2c(c1)OCO2. The molecule has 0 fully saturated rings. The van der Waals surface area contributed by atoms with Crippen molar-refractivity contribution in [1.29, 1.82) is 0 Å². The summed E-state index contributed by atoms with van der Waals surface area (Å²) in [5.74, 6) is 0.695. The van der Waals surface area contributed by atoms with Gasteiger partial charge in [0.1, 0.15) is 5.75 Å². The number of benzene rings is 2. The van der Waals surface area contributed by atoms with Crippen LogP contribution in [0.25, 0.3) is 0 Å². The third kappa shape index (κ3) is 2.62. The molecule has 0 bridgehead atoms. The van der Waals surface area contributed by atoms with E-state index < -0.39 is 10.9 Å². The number of carbonyl (C=O) groups excluding carboxylic acids is 1. The molecule has 0 unspecified atom stereocenters. The highest BCUT2D eigenvalue weighted by molar-refractivity contribution is 5.91. The number of nitro groups is 1. The second-order valence-electron chi connectivity index (χ2n) is 4.21. The van der Waals surface area contributed by atoms with Crippen LogP contribution in [0.1, 0.15) is 10.4 Å². The van der Waals surface area contributed by atoms with Crippen LogP contribution >= 0.6 is 0 Å². The van der Waals surface area contributed by atoms with Crippen LogP contribution in [0, 0.1) is 10.1 Å². The molecule has 1 aliphatic heterocycles.